The molecule has 2 heterocycles. The summed E-state index contributed by atoms with van der Waals surface area (Å²) in [6, 6.07) is 22.6. The van der Waals surface area contributed by atoms with Gasteiger partial charge in [-0.2, -0.15) is 0 Å². The highest BCUT2D eigenvalue weighted by Gasteiger charge is 2.65. The number of carbonyl (C=O) groups excluding carboxylic acids is 1. The maximum atomic E-state index is 14.8. The summed E-state index contributed by atoms with van der Waals surface area (Å²) < 4.78 is 52.4. The van der Waals surface area contributed by atoms with E-state index < -0.39 is 28.8 Å². The van der Waals surface area contributed by atoms with Gasteiger partial charge in [0.1, 0.15) is 36.6 Å². The number of amides is 1. The van der Waals surface area contributed by atoms with Crippen LogP contribution >= 0.6 is 0 Å². The number of benzene rings is 4. The number of hydrogen-bond acceptors (Lipinski definition) is 13. The van der Waals surface area contributed by atoms with Crippen LogP contribution in [0.1, 0.15) is 73.1 Å². The Balaban J connectivity index is 1.30. The summed E-state index contributed by atoms with van der Waals surface area (Å²) in [7, 11) is 1.32. The molecule has 4 aromatic carbocycles. The molecule has 4 aliphatic rings. The van der Waals surface area contributed by atoms with E-state index in [1.807, 2.05) is 24.3 Å². The molecule has 0 aromatic heterocycles. The Kier molecular flexibility index (Phi) is 15.0. The highest BCUT2D eigenvalue weighted by atomic mass is 19.1. The zero-order chi connectivity index (χ0) is 46.9. The summed E-state index contributed by atoms with van der Waals surface area (Å²) in [6.07, 6.45) is 7.38. The zero-order valence-corrected chi connectivity index (χ0v) is 37.4. The molecule has 6 atom stereocenters. The number of halogens is 1. The third-order valence-electron chi connectivity index (χ3n) is 13.1. The third kappa shape index (κ3) is 10.1. The minimum atomic E-state index is -1.58. The Hall–Kier alpha value is -6.49. The maximum Gasteiger partial charge on any atom is 0.410 e. The number of oxime groups is 1. The summed E-state index contributed by atoms with van der Waals surface area (Å²) >= 11 is 0. The number of nitro groups is 1. The molecule has 1 fully saturated rings. The van der Waals surface area contributed by atoms with Crippen molar-refractivity contribution in [2.45, 2.75) is 82.5 Å². The number of fused-ring (bicyclic) bond motifs is 3. The molecule has 0 spiro atoms. The average Bonchev–Trinajstić information content (AvgIpc) is 3.82. The number of methoxy groups -OCH3 is 1. The first-order valence-electron chi connectivity index (χ1n) is 22.7. The predicted molar refractivity (Wildman–Crippen MR) is 244 cm³/mol. The van der Waals surface area contributed by atoms with Gasteiger partial charge in [0.25, 0.3) is 5.69 Å². The van der Waals surface area contributed by atoms with E-state index in [1.54, 1.807) is 53.4 Å². The predicted octanol–water partition coefficient (Wildman–Crippen LogP) is 9.14. The van der Waals surface area contributed by atoms with E-state index in [1.165, 1.54) is 25.3 Å². The van der Waals surface area contributed by atoms with Gasteiger partial charge in [-0.15, -0.1) is 6.58 Å². The number of ether oxygens (including phenoxy) is 6. The molecule has 0 saturated heterocycles. The van der Waals surface area contributed by atoms with Crippen molar-refractivity contribution in [3.63, 3.8) is 0 Å². The quantitative estimate of drug-likeness (QED) is 0.0351. The molecule has 0 bridgehead atoms. The van der Waals surface area contributed by atoms with Gasteiger partial charge in [0.15, 0.2) is 11.5 Å². The van der Waals surface area contributed by atoms with Gasteiger partial charge in [0.2, 0.25) is 12.6 Å². The van der Waals surface area contributed by atoms with Crippen LogP contribution in [0.5, 0.6) is 23.0 Å². The molecule has 2 aliphatic heterocycles. The van der Waals surface area contributed by atoms with Crippen LogP contribution in [0.4, 0.5) is 14.9 Å². The summed E-state index contributed by atoms with van der Waals surface area (Å²) in [6.45, 7) is 4.21. The summed E-state index contributed by atoms with van der Waals surface area (Å²) in [5, 5.41) is 36.2. The van der Waals surface area contributed by atoms with Crippen molar-refractivity contribution < 1.29 is 57.6 Å². The zero-order valence-electron chi connectivity index (χ0n) is 37.4. The van der Waals surface area contributed by atoms with Crippen molar-refractivity contribution in [2.24, 2.45) is 22.9 Å². The third-order valence-corrected chi connectivity index (χ3v) is 13.1. The minimum absolute atomic E-state index is 0.00465. The molecule has 1 amide bonds. The highest BCUT2D eigenvalue weighted by molar-refractivity contribution is 6.03. The molecule has 67 heavy (non-hydrogen) atoms. The lowest BCUT2D eigenvalue weighted by Crippen LogP contribution is -2.70. The molecule has 6 unspecified atom stereocenters. The van der Waals surface area contributed by atoms with Gasteiger partial charge in [0.05, 0.1) is 30.3 Å². The standard InChI is InChI=1S/C51H56FN3O12/c1-3-24-65-51-47(54(50(58)61-2)29-34-16-20-45-46(25-34)64-32-63-45)28-43(53-66-30-33-14-17-37(18-15-33)55(59)60)40-26-35(10-6-8-22-56)39(12-7-9-23-57)48(49(40)51)41-27-38(19-21-44(41)67-51)62-31-36-11-4-5-13-42(36)52/h3-5,11,13-21,25-27,35,39,47-49,56-57H,1,6-10,12,22-24,28-32H2,2H3. The van der Waals surface area contributed by atoms with Crippen LogP contribution in [0.15, 0.2) is 114 Å². The molecular formula is C51H56FN3O12. The van der Waals surface area contributed by atoms with Gasteiger partial charge in [-0.25, -0.2) is 9.18 Å². The van der Waals surface area contributed by atoms with Gasteiger partial charge >= 0.3 is 6.09 Å². The van der Waals surface area contributed by atoms with E-state index in [0.717, 1.165) is 29.5 Å². The molecule has 16 heteroatoms. The fourth-order valence-corrected chi connectivity index (χ4v) is 10.1. The number of carbonyl (C=O) groups is 1. The fraction of sp³-hybridized carbons (Fsp3) is 0.412. The van der Waals surface area contributed by atoms with Crippen molar-refractivity contribution in [1.82, 2.24) is 4.90 Å². The smallest absolute Gasteiger partial charge is 0.410 e. The van der Waals surface area contributed by atoms with Crippen LogP contribution in [-0.4, -0.2) is 77.4 Å². The molecule has 4 aromatic rings. The van der Waals surface area contributed by atoms with Crippen LogP contribution in [0.3, 0.4) is 0 Å². The van der Waals surface area contributed by atoms with E-state index in [0.29, 0.717) is 65.5 Å². The first-order chi connectivity index (χ1) is 32.7. The molecule has 2 N–H and O–H groups in total. The summed E-state index contributed by atoms with van der Waals surface area (Å²) in [4.78, 5) is 33.1. The Labute approximate surface area is 388 Å². The van der Waals surface area contributed by atoms with E-state index in [-0.39, 0.29) is 82.1 Å². The largest absolute Gasteiger partial charge is 0.489 e. The van der Waals surface area contributed by atoms with E-state index >= 15 is 0 Å². The number of allylic oxidation sites excluding steroid dienone is 1. The lowest BCUT2D eigenvalue weighted by atomic mass is 9.55. The number of non-ortho nitro benzene ring substituents is 1. The molecular weight excluding hydrogens is 866 g/mol. The minimum Gasteiger partial charge on any atom is -0.489 e. The molecule has 0 radical (unpaired) electrons. The molecule has 15 nitrogen and oxygen atoms in total. The van der Waals surface area contributed by atoms with Crippen molar-refractivity contribution in [2.75, 3.05) is 33.7 Å². The summed E-state index contributed by atoms with van der Waals surface area (Å²) in [5.41, 5.74) is 3.90. The van der Waals surface area contributed by atoms with Crippen LogP contribution in [0, 0.1) is 33.7 Å². The number of rotatable bonds is 21. The first-order valence-corrected chi connectivity index (χ1v) is 22.7. The van der Waals surface area contributed by atoms with Gasteiger partial charge in [-0.3, -0.25) is 15.0 Å². The topological polar surface area (TPSA) is 181 Å². The monoisotopic (exact) mass is 921 g/mol. The molecule has 1 saturated carbocycles. The van der Waals surface area contributed by atoms with Crippen LogP contribution in [-0.2, 0) is 34.1 Å². The van der Waals surface area contributed by atoms with Crippen LogP contribution in [0.25, 0.3) is 0 Å². The van der Waals surface area contributed by atoms with Gasteiger partial charge < -0.3 is 43.5 Å². The van der Waals surface area contributed by atoms with Crippen molar-refractivity contribution in [1.29, 1.82) is 0 Å². The second-order valence-corrected chi connectivity index (χ2v) is 17.1. The van der Waals surface area contributed by atoms with Crippen molar-refractivity contribution in [3.8, 4) is 23.0 Å². The lowest BCUT2D eigenvalue weighted by molar-refractivity contribution is -0.384. The second-order valence-electron chi connectivity index (χ2n) is 17.1. The summed E-state index contributed by atoms with van der Waals surface area (Å²) in [5.74, 6) is -0.950. The van der Waals surface area contributed by atoms with Crippen LogP contribution < -0.4 is 18.9 Å². The number of hydrogen-bond donors (Lipinski definition) is 2. The average molecular weight is 922 g/mol. The number of nitrogens with zero attached hydrogens (tertiary/aromatic N) is 3. The molecule has 8 rings (SSSR count). The van der Waals surface area contributed by atoms with Gasteiger partial charge in [-0.05, 0) is 103 Å². The van der Waals surface area contributed by atoms with Crippen molar-refractivity contribution >= 4 is 17.5 Å². The van der Waals surface area contributed by atoms with Gasteiger partial charge in [-0.1, -0.05) is 54.4 Å². The Morgan fingerprint density at radius 1 is 0.955 bits per heavy atom. The number of aliphatic hydroxyl groups excluding tert-OH is 2. The number of unbranched alkanes of at least 4 members (excludes halogenated alkanes) is 2. The fourth-order valence-electron chi connectivity index (χ4n) is 10.1. The van der Waals surface area contributed by atoms with Crippen molar-refractivity contribution in [3.05, 3.63) is 147 Å². The normalized spacial score (nSPS) is 22.7. The van der Waals surface area contributed by atoms with E-state index in [4.69, 9.17) is 38.4 Å². The highest BCUT2D eigenvalue weighted by Crippen LogP contribution is 2.62. The van der Waals surface area contributed by atoms with Gasteiger partial charge in [0, 0.05) is 55.4 Å². The molecule has 354 valence electrons. The van der Waals surface area contributed by atoms with E-state index in [9.17, 15) is 29.5 Å². The first kappa shape index (κ1) is 47.0. The number of nitro benzene ring substituents is 1. The Morgan fingerprint density at radius 3 is 2.45 bits per heavy atom. The Morgan fingerprint density at radius 2 is 1.70 bits per heavy atom. The molecule has 2 aliphatic carbocycles. The Bertz CT molecular complexity index is 2460. The number of aliphatic hydroxyl groups is 2. The van der Waals surface area contributed by atoms with E-state index in [2.05, 4.69) is 12.7 Å². The SMILES string of the molecule is C=CCOC12Oc3ccc(OCc4ccccc4F)cc3C3C(CCCCO)C(CCCCO)C=C(C(=NOCc4ccc([N+](=O)[O-])cc4)CC1N(Cc1ccc4c(c1)OCO4)C(=O)OC)C32. The second kappa shape index (κ2) is 21.4. The maximum absolute atomic E-state index is 14.8. The lowest BCUT2D eigenvalue weighted by Gasteiger charge is -2.59. The van der Waals surface area contributed by atoms with Crippen LogP contribution in [0.2, 0.25) is 0 Å².